The average Bonchev–Trinajstić information content (AvgIpc) is 2.68. The molecule has 0 fully saturated rings. The van der Waals surface area contributed by atoms with E-state index < -0.39 is 6.04 Å². The first-order valence-corrected chi connectivity index (χ1v) is 5.59. The second-order valence-corrected chi connectivity index (χ2v) is 4.12. The van der Waals surface area contributed by atoms with Gasteiger partial charge in [0.15, 0.2) is 0 Å². The molecule has 94 valence electrons. The Morgan fingerprint density at radius 1 is 1.35 bits per heavy atom. The fourth-order valence-corrected chi connectivity index (χ4v) is 1.52. The van der Waals surface area contributed by atoms with E-state index in [9.17, 15) is 9.59 Å². The van der Waals surface area contributed by atoms with Gasteiger partial charge in [0.25, 0.3) is 0 Å². The van der Waals surface area contributed by atoms with E-state index in [0.29, 0.717) is 6.42 Å². The molecule has 2 amide bonds. The van der Waals surface area contributed by atoms with E-state index in [1.807, 2.05) is 19.1 Å². The SMILES string of the molecule is CC(=O)N[C@H](C)C(=O)N[C@@H](C)Cc1ccco1. The molecule has 1 aromatic heterocycles. The molecule has 0 aromatic carbocycles. The Kier molecular flexibility index (Phi) is 4.75. The lowest BCUT2D eigenvalue weighted by Gasteiger charge is -2.17. The lowest BCUT2D eigenvalue weighted by Crippen LogP contribution is -2.47. The van der Waals surface area contributed by atoms with Crippen molar-refractivity contribution in [2.75, 3.05) is 0 Å². The molecule has 2 atom stereocenters. The van der Waals surface area contributed by atoms with Crippen LogP contribution in [0.4, 0.5) is 0 Å². The zero-order chi connectivity index (χ0) is 12.8. The average molecular weight is 238 g/mol. The van der Waals surface area contributed by atoms with Gasteiger partial charge in [0, 0.05) is 19.4 Å². The van der Waals surface area contributed by atoms with Crippen LogP contribution >= 0.6 is 0 Å². The first kappa shape index (κ1) is 13.3. The van der Waals surface area contributed by atoms with Crippen molar-refractivity contribution in [1.82, 2.24) is 10.6 Å². The molecule has 17 heavy (non-hydrogen) atoms. The van der Waals surface area contributed by atoms with Gasteiger partial charge in [-0.15, -0.1) is 0 Å². The smallest absolute Gasteiger partial charge is 0.242 e. The van der Waals surface area contributed by atoms with Crippen LogP contribution in [0.25, 0.3) is 0 Å². The van der Waals surface area contributed by atoms with E-state index in [-0.39, 0.29) is 17.9 Å². The largest absolute Gasteiger partial charge is 0.469 e. The number of nitrogens with one attached hydrogen (secondary N) is 2. The number of hydrogen-bond donors (Lipinski definition) is 2. The monoisotopic (exact) mass is 238 g/mol. The molecule has 2 N–H and O–H groups in total. The predicted molar refractivity (Wildman–Crippen MR) is 63.3 cm³/mol. The van der Waals surface area contributed by atoms with Crippen LogP contribution in [0.2, 0.25) is 0 Å². The zero-order valence-corrected chi connectivity index (χ0v) is 10.3. The molecular weight excluding hydrogens is 220 g/mol. The van der Waals surface area contributed by atoms with Crippen molar-refractivity contribution < 1.29 is 14.0 Å². The molecule has 0 saturated heterocycles. The highest BCUT2D eigenvalue weighted by molar-refractivity contribution is 5.86. The first-order chi connectivity index (χ1) is 7.99. The maximum atomic E-state index is 11.7. The van der Waals surface area contributed by atoms with Gasteiger partial charge in [-0.05, 0) is 26.0 Å². The second-order valence-electron chi connectivity index (χ2n) is 4.12. The van der Waals surface area contributed by atoms with Crippen molar-refractivity contribution in [3.63, 3.8) is 0 Å². The Labute approximate surface area is 101 Å². The van der Waals surface area contributed by atoms with Crippen LogP contribution in [0.5, 0.6) is 0 Å². The summed E-state index contributed by atoms with van der Waals surface area (Å²) in [6.45, 7) is 4.92. The van der Waals surface area contributed by atoms with Crippen molar-refractivity contribution in [3.8, 4) is 0 Å². The Bertz CT molecular complexity index is 373. The number of furan rings is 1. The number of amides is 2. The highest BCUT2D eigenvalue weighted by atomic mass is 16.3. The minimum absolute atomic E-state index is 0.0372. The van der Waals surface area contributed by atoms with Crippen molar-refractivity contribution in [2.24, 2.45) is 0 Å². The van der Waals surface area contributed by atoms with Crippen molar-refractivity contribution in [2.45, 2.75) is 39.3 Å². The summed E-state index contributed by atoms with van der Waals surface area (Å²) in [5.41, 5.74) is 0. The molecule has 5 heteroatoms. The quantitative estimate of drug-likeness (QED) is 0.799. The summed E-state index contributed by atoms with van der Waals surface area (Å²) in [6, 6.07) is 3.11. The van der Waals surface area contributed by atoms with E-state index >= 15 is 0 Å². The molecule has 1 heterocycles. The van der Waals surface area contributed by atoms with Gasteiger partial charge in [0.05, 0.1) is 6.26 Å². The van der Waals surface area contributed by atoms with E-state index in [1.165, 1.54) is 6.92 Å². The topological polar surface area (TPSA) is 71.3 Å². The number of carbonyl (C=O) groups is 2. The van der Waals surface area contributed by atoms with Gasteiger partial charge < -0.3 is 15.1 Å². The maximum absolute atomic E-state index is 11.7. The van der Waals surface area contributed by atoms with Crippen molar-refractivity contribution in [1.29, 1.82) is 0 Å². The molecule has 0 aliphatic carbocycles. The van der Waals surface area contributed by atoms with Gasteiger partial charge >= 0.3 is 0 Å². The summed E-state index contributed by atoms with van der Waals surface area (Å²) in [5.74, 6) is 0.413. The molecule has 1 rings (SSSR count). The van der Waals surface area contributed by atoms with E-state index in [1.54, 1.807) is 13.2 Å². The molecule has 0 bridgehead atoms. The van der Waals surface area contributed by atoms with Gasteiger partial charge in [-0.2, -0.15) is 0 Å². The van der Waals surface area contributed by atoms with Gasteiger partial charge in [0.1, 0.15) is 11.8 Å². The molecule has 5 nitrogen and oxygen atoms in total. The summed E-state index contributed by atoms with van der Waals surface area (Å²) >= 11 is 0. The van der Waals surface area contributed by atoms with E-state index in [4.69, 9.17) is 4.42 Å². The van der Waals surface area contributed by atoms with Crippen molar-refractivity contribution in [3.05, 3.63) is 24.2 Å². The van der Waals surface area contributed by atoms with E-state index in [2.05, 4.69) is 10.6 Å². The first-order valence-electron chi connectivity index (χ1n) is 5.59. The molecule has 0 saturated carbocycles. The number of hydrogen-bond acceptors (Lipinski definition) is 3. The van der Waals surface area contributed by atoms with Crippen molar-refractivity contribution >= 4 is 11.8 Å². The standard InChI is InChI=1S/C12H18N2O3/c1-8(7-11-5-4-6-17-11)13-12(16)9(2)14-10(3)15/h4-6,8-9H,7H2,1-3H3,(H,13,16)(H,14,15)/t8-,9+/m0/s1. The highest BCUT2D eigenvalue weighted by Crippen LogP contribution is 2.03. The summed E-state index contributed by atoms with van der Waals surface area (Å²) in [5, 5.41) is 5.34. The minimum Gasteiger partial charge on any atom is -0.469 e. The molecule has 1 aromatic rings. The van der Waals surface area contributed by atoms with Crippen LogP contribution in [0.3, 0.4) is 0 Å². The summed E-state index contributed by atoms with van der Waals surface area (Å²) in [7, 11) is 0. The fourth-order valence-electron chi connectivity index (χ4n) is 1.52. The van der Waals surface area contributed by atoms with Crippen LogP contribution in [-0.2, 0) is 16.0 Å². The Morgan fingerprint density at radius 3 is 2.59 bits per heavy atom. The van der Waals surface area contributed by atoms with Crippen LogP contribution in [-0.4, -0.2) is 23.9 Å². The third-order valence-electron chi connectivity index (χ3n) is 2.29. The lowest BCUT2D eigenvalue weighted by atomic mass is 10.2. The Balaban J connectivity index is 2.37. The van der Waals surface area contributed by atoms with Crippen LogP contribution in [0, 0.1) is 0 Å². The third-order valence-corrected chi connectivity index (χ3v) is 2.29. The fraction of sp³-hybridized carbons (Fsp3) is 0.500. The molecular formula is C12H18N2O3. The molecule has 0 radical (unpaired) electrons. The molecule has 0 spiro atoms. The van der Waals surface area contributed by atoms with Crippen LogP contribution < -0.4 is 10.6 Å². The summed E-state index contributed by atoms with van der Waals surface area (Å²) < 4.78 is 5.19. The number of rotatable bonds is 5. The highest BCUT2D eigenvalue weighted by Gasteiger charge is 2.16. The molecule has 0 aliphatic heterocycles. The Morgan fingerprint density at radius 2 is 2.06 bits per heavy atom. The molecule has 0 unspecified atom stereocenters. The van der Waals surface area contributed by atoms with Gasteiger partial charge in [-0.25, -0.2) is 0 Å². The third kappa shape index (κ3) is 4.72. The van der Waals surface area contributed by atoms with Gasteiger partial charge in [0.2, 0.25) is 11.8 Å². The van der Waals surface area contributed by atoms with Gasteiger partial charge in [-0.1, -0.05) is 0 Å². The van der Waals surface area contributed by atoms with Crippen LogP contribution in [0.15, 0.2) is 22.8 Å². The second kappa shape index (κ2) is 6.08. The normalized spacial score (nSPS) is 13.8. The minimum atomic E-state index is -0.522. The lowest BCUT2D eigenvalue weighted by molar-refractivity contribution is -0.128. The zero-order valence-electron chi connectivity index (χ0n) is 10.3. The molecule has 0 aliphatic rings. The summed E-state index contributed by atoms with van der Waals surface area (Å²) in [6.07, 6.45) is 2.23. The van der Waals surface area contributed by atoms with E-state index in [0.717, 1.165) is 5.76 Å². The predicted octanol–water partition coefficient (Wildman–Crippen LogP) is 0.851. The Hall–Kier alpha value is -1.78. The number of carbonyl (C=O) groups excluding carboxylic acids is 2. The summed E-state index contributed by atoms with van der Waals surface area (Å²) in [4.78, 5) is 22.5. The maximum Gasteiger partial charge on any atom is 0.242 e. The van der Waals surface area contributed by atoms with Crippen LogP contribution in [0.1, 0.15) is 26.5 Å². The van der Waals surface area contributed by atoms with Gasteiger partial charge in [-0.3, -0.25) is 9.59 Å².